The van der Waals surface area contributed by atoms with Crippen LogP contribution >= 0.6 is 0 Å². The number of hydrogen-bond donors (Lipinski definition) is 0. The second-order valence-corrected chi connectivity index (χ2v) is 6.75. The molecule has 4 rings (SSSR count). The summed E-state index contributed by atoms with van der Waals surface area (Å²) in [4.78, 5) is 19.8. The third-order valence-corrected chi connectivity index (χ3v) is 4.96. The van der Waals surface area contributed by atoms with Crippen molar-refractivity contribution in [3.05, 3.63) is 89.6 Å². The highest BCUT2D eigenvalue weighted by Crippen LogP contribution is 2.33. The molecule has 0 aliphatic carbocycles. The van der Waals surface area contributed by atoms with Gasteiger partial charge in [0.15, 0.2) is 5.84 Å². The molecule has 0 unspecified atom stereocenters. The Balaban J connectivity index is 1.86. The van der Waals surface area contributed by atoms with Crippen LogP contribution in [0.3, 0.4) is 0 Å². The summed E-state index contributed by atoms with van der Waals surface area (Å²) in [6.45, 7) is 0. The molecule has 6 heteroatoms. The number of amidine groups is 1. The molecular formula is C25H22N2O4. The fourth-order valence-corrected chi connectivity index (χ4v) is 3.43. The number of benzene rings is 3. The van der Waals surface area contributed by atoms with Gasteiger partial charge in [0.2, 0.25) is 0 Å². The molecule has 31 heavy (non-hydrogen) atoms. The molecule has 3 aromatic carbocycles. The molecule has 0 bridgehead atoms. The van der Waals surface area contributed by atoms with Gasteiger partial charge in [-0.3, -0.25) is 9.69 Å². The van der Waals surface area contributed by atoms with Crippen molar-refractivity contribution >= 4 is 23.5 Å². The summed E-state index contributed by atoms with van der Waals surface area (Å²) in [6.07, 6.45) is 1.72. The van der Waals surface area contributed by atoms with Crippen LogP contribution in [0.5, 0.6) is 17.2 Å². The predicted molar refractivity (Wildman–Crippen MR) is 121 cm³/mol. The maximum absolute atomic E-state index is 13.5. The number of aliphatic imine (C=N–C) groups is 1. The van der Waals surface area contributed by atoms with Gasteiger partial charge in [0.25, 0.3) is 5.91 Å². The third-order valence-electron chi connectivity index (χ3n) is 4.96. The zero-order valence-electron chi connectivity index (χ0n) is 17.5. The minimum atomic E-state index is -0.232. The van der Waals surface area contributed by atoms with Gasteiger partial charge in [0.1, 0.15) is 22.9 Å². The monoisotopic (exact) mass is 414 g/mol. The molecule has 3 aromatic rings. The van der Waals surface area contributed by atoms with E-state index in [1.165, 1.54) is 0 Å². The molecule has 0 radical (unpaired) electrons. The number of carbonyl (C=O) groups excluding carboxylic acids is 1. The molecule has 0 N–H and O–H groups in total. The van der Waals surface area contributed by atoms with E-state index >= 15 is 0 Å². The molecule has 0 spiro atoms. The minimum Gasteiger partial charge on any atom is -0.497 e. The Morgan fingerprint density at radius 1 is 0.806 bits per heavy atom. The number of rotatable bonds is 6. The first-order chi connectivity index (χ1) is 15.2. The lowest BCUT2D eigenvalue weighted by molar-refractivity contribution is -0.113. The molecule has 0 aromatic heterocycles. The Kier molecular flexibility index (Phi) is 5.71. The van der Waals surface area contributed by atoms with Gasteiger partial charge < -0.3 is 14.2 Å². The van der Waals surface area contributed by atoms with E-state index in [1.54, 1.807) is 38.4 Å². The second-order valence-electron chi connectivity index (χ2n) is 6.75. The zero-order valence-corrected chi connectivity index (χ0v) is 17.5. The SMILES string of the molecule is COc1ccc(/C=C2/N=C(c3ccccc3OC)N(c3ccccc3)C2=O)c(OC)c1. The van der Waals surface area contributed by atoms with Crippen molar-refractivity contribution in [1.82, 2.24) is 0 Å². The number of para-hydroxylation sites is 2. The largest absolute Gasteiger partial charge is 0.497 e. The molecule has 0 fully saturated rings. The Bertz CT molecular complexity index is 1170. The molecule has 156 valence electrons. The fraction of sp³-hybridized carbons (Fsp3) is 0.120. The van der Waals surface area contributed by atoms with Gasteiger partial charge in [-0.1, -0.05) is 30.3 Å². The van der Waals surface area contributed by atoms with Gasteiger partial charge >= 0.3 is 0 Å². The lowest BCUT2D eigenvalue weighted by Gasteiger charge is -2.19. The van der Waals surface area contributed by atoms with Gasteiger partial charge in [-0.15, -0.1) is 0 Å². The van der Waals surface area contributed by atoms with Crippen molar-refractivity contribution in [2.45, 2.75) is 0 Å². The van der Waals surface area contributed by atoms with Crippen LogP contribution in [-0.2, 0) is 4.79 Å². The first-order valence-electron chi connectivity index (χ1n) is 9.71. The normalized spacial score (nSPS) is 14.5. The predicted octanol–water partition coefficient (Wildman–Crippen LogP) is 4.55. The van der Waals surface area contributed by atoms with Crippen molar-refractivity contribution in [3.8, 4) is 17.2 Å². The Hall–Kier alpha value is -4.06. The summed E-state index contributed by atoms with van der Waals surface area (Å²) in [7, 11) is 4.77. The molecule has 0 saturated carbocycles. The first kappa shape index (κ1) is 20.2. The van der Waals surface area contributed by atoms with E-state index in [2.05, 4.69) is 0 Å². The molecule has 0 atom stereocenters. The number of hydrogen-bond acceptors (Lipinski definition) is 5. The van der Waals surface area contributed by atoms with E-state index in [-0.39, 0.29) is 5.91 Å². The van der Waals surface area contributed by atoms with E-state index in [4.69, 9.17) is 19.2 Å². The van der Waals surface area contributed by atoms with Crippen LogP contribution in [0.4, 0.5) is 5.69 Å². The van der Waals surface area contributed by atoms with E-state index in [0.717, 1.165) is 16.8 Å². The van der Waals surface area contributed by atoms with Crippen molar-refractivity contribution in [1.29, 1.82) is 0 Å². The average molecular weight is 414 g/mol. The van der Waals surface area contributed by atoms with Gasteiger partial charge in [-0.2, -0.15) is 0 Å². The zero-order chi connectivity index (χ0) is 21.8. The van der Waals surface area contributed by atoms with Gasteiger partial charge in [0, 0.05) is 11.6 Å². The van der Waals surface area contributed by atoms with Crippen LogP contribution in [0.15, 0.2) is 83.5 Å². The highest BCUT2D eigenvalue weighted by molar-refractivity contribution is 6.33. The van der Waals surface area contributed by atoms with E-state index in [0.29, 0.717) is 28.8 Å². The summed E-state index contributed by atoms with van der Waals surface area (Å²) in [5.74, 6) is 2.17. The van der Waals surface area contributed by atoms with Crippen LogP contribution in [0.25, 0.3) is 6.08 Å². The maximum Gasteiger partial charge on any atom is 0.282 e. The van der Waals surface area contributed by atoms with Crippen molar-refractivity contribution < 1.29 is 19.0 Å². The number of carbonyl (C=O) groups is 1. The van der Waals surface area contributed by atoms with Crippen LogP contribution in [0.1, 0.15) is 11.1 Å². The molecule has 1 aliphatic rings. The molecular weight excluding hydrogens is 392 g/mol. The van der Waals surface area contributed by atoms with Crippen LogP contribution in [-0.4, -0.2) is 33.1 Å². The highest BCUT2D eigenvalue weighted by atomic mass is 16.5. The third kappa shape index (κ3) is 3.88. The van der Waals surface area contributed by atoms with Gasteiger partial charge in [-0.05, 0) is 42.5 Å². The standard InChI is InChI=1S/C25H22N2O4/c1-29-19-14-13-17(23(16-19)31-3)15-21-25(28)27(18-9-5-4-6-10-18)24(26-21)20-11-7-8-12-22(20)30-2/h4-16H,1-3H3/b21-15+. The minimum absolute atomic E-state index is 0.232. The van der Waals surface area contributed by atoms with Crippen molar-refractivity contribution in [2.75, 3.05) is 26.2 Å². The number of methoxy groups -OCH3 is 3. The number of nitrogens with zero attached hydrogens (tertiary/aromatic N) is 2. The van der Waals surface area contributed by atoms with Gasteiger partial charge in [-0.25, -0.2) is 4.99 Å². The molecule has 1 amide bonds. The summed E-state index contributed by atoms with van der Waals surface area (Å²) < 4.78 is 16.3. The summed E-state index contributed by atoms with van der Waals surface area (Å²) in [6, 6.07) is 22.3. The topological polar surface area (TPSA) is 60.4 Å². The van der Waals surface area contributed by atoms with E-state index in [9.17, 15) is 4.79 Å². The Morgan fingerprint density at radius 2 is 1.52 bits per heavy atom. The summed E-state index contributed by atoms with van der Waals surface area (Å²) >= 11 is 0. The molecule has 1 aliphatic heterocycles. The van der Waals surface area contributed by atoms with E-state index < -0.39 is 0 Å². The fourth-order valence-electron chi connectivity index (χ4n) is 3.43. The quantitative estimate of drug-likeness (QED) is 0.556. The summed E-state index contributed by atoms with van der Waals surface area (Å²) in [5, 5.41) is 0. The second kappa shape index (κ2) is 8.75. The number of amides is 1. The highest BCUT2D eigenvalue weighted by Gasteiger charge is 2.33. The lowest BCUT2D eigenvalue weighted by atomic mass is 10.1. The first-order valence-corrected chi connectivity index (χ1v) is 9.71. The molecule has 0 saturated heterocycles. The van der Waals surface area contributed by atoms with Crippen LogP contribution in [0.2, 0.25) is 0 Å². The summed E-state index contributed by atoms with van der Waals surface area (Å²) in [5.41, 5.74) is 2.48. The lowest BCUT2D eigenvalue weighted by Crippen LogP contribution is -2.32. The average Bonchev–Trinajstić information content (AvgIpc) is 3.15. The number of ether oxygens (including phenoxy) is 3. The van der Waals surface area contributed by atoms with Crippen LogP contribution < -0.4 is 19.1 Å². The smallest absolute Gasteiger partial charge is 0.282 e. The molecule has 1 heterocycles. The Labute approximate surface area is 181 Å². The Morgan fingerprint density at radius 3 is 2.23 bits per heavy atom. The maximum atomic E-state index is 13.5. The molecule has 6 nitrogen and oxygen atoms in total. The van der Waals surface area contributed by atoms with Gasteiger partial charge in [0.05, 0.1) is 32.6 Å². The van der Waals surface area contributed by atoms with Crippen molar-refractivity contribution in [3.63, 3.8) is 0 Å². The van der Waals surface area contributed by atoms with Crippen LogP contribution in [0, 0.1) is 0 Å². The van der Waals surface area contributed by atoms with Crippen molar-refractivity contribution in [2.24, 2.45) is 4.99 Å². The number of anilines is 1. The van der Waals surface area contributed by atoms with E-state index in [1.807, 2.05) is 66.7 Å².